The molecule has 1 heterocycles. The third kappa shape index (κ3) is 7.92. The lowest BCUT2D eigenvalue weighted by Gasteiger charge is -2.33. The van der Waals surface area contributed by atoms with Gasteiger partial charge in [-0.1, -0.05) is 18.9 Å². The van der Waals surface area contributed by atoms with E-state index >= 15 is 0 Å². The Morgan fingerprint density at radius 2 is 1.70 bits per heavy atom. The maximum Gasteiger partial charge on any atom is 0.490 e. The van der Waals surface area contributed by atoms with Gasteiger partial charge in [-0.25, -0.2) is 4.79 Å². The molecule has 0 unspecified atom stereocenters. The lowest BCUT2D eigenvalue weighted by atomic mass is 10.1. The number of carbonyl (C=O) groups is 3. The smallest absolute Gasteiger partial charge is 0.475 e. The highest BCUT2D eigenvalue weighted by Crippen LogP contribution is 2.26. The Balaban J connectivity index is 0.000000479. The van der Waals surface area contributed by atoms with Crippen molar-refractivity contribution in [2.45, 2.75) is 37.9 Å². The van der Waals surface area contributed by atoms with Crippen molar-refractivity contribution < 1.29 is 32.7 Å². The number of piperazine rings is 1. The first-order valence-corrected chi connectivity index (χ1v) is 10.9. The highest BCUT2D eigenvalue weighted by molar-refractivity contribution is 5.97. The van der Waals surface area contributed by atoms with E-state index in [1.54, 1.807) is 0 Å². The van der Waals surface area contributed by atoms with Gasteiger partial charge in [-0.2, -0.15) is 13.2 Å². The van der Waals surface area contributed by atoms with Crippen molar-refractivity contribution in [1.29, 1.82) is 0 Å². The summed E-state index contributed by atoms with van der Waals surface area (Å²) in [5.74, 6) is -2.72. The van der Waals surface area contributed by atoms with Crippen LogP contribution >= 0.6 is 0 Å². The molecule has 1 aromatic carbocycles. The van der Waals surface area contributed by atoms with Crippen LogP contribution in [0.15, 0.2) is 24.3 Å². The molecule has 11 heteroatoms. The number of aliphatic carboxylic acids is 1. The number of amides is 2. The summed E-state index contributed by atoms with van der Waals surface area (Å²) in [6, 6.07) is 7.85. The second kappa shape index (κ2) is 11.9. The van der Waals surface area contributed by atoms with Crippen LogP contribution in [0, 0.1) is 0 Å². The third-order valence-electron chi connectivity index (χ3n) is 5.65. The molecular weight excluding hydrogens is 441 g/mol. The van der Waals surface area contributed by atoms with Crippen LogP contribution in [0.5, 0.6) is 0 Å². The summed E-state index contributed by atoms with van der Waals surface area (Å²) in [5, 5.41) is 10.4. The second-order valence-electron chi connectivity index (χ2n) is 8.25. The Labute approximate surface area is 191 Å². The lowest BCUT2D eigenvalue weighted by Crippen LogP contribution is -2.52. The number of hydrogen-bond acceptors (Lipinski definition) is 5. The molecule has 1 saturated heterocycles. The average Bonchev–Trinajstić information content (AvgIpc) is 3.32. The van der Waals surface area contributed by atoms with Crippen LogP contribution in [0.3, 0.4) is 0 Å². The molecule has 184 valence electrons. The molecule has 0 spiro atoms. The number of carboxylic acids is 1. The monoisotopic (exact) mass is 472 g/mol. The van der Waals surface area contributed by atoms with Crippen molar-refractivity contribution in [1.82, 2.24) is 15.1 Å². The average molecular weight is 473 g/mol. The number of nitrogens with one attached hydrogen (secondary N) is 1. The summed E-state index contributed by atoms with van der Waals surface area (Å²) >= 11 is 0. The highest BCUT2D eigenvalue weighted by atomic mass is 19.4. The molecule has 1 aromatic rings. The van der Waals surface area contributed by atoms with E-state index in [2.05, 4.69) is 5.32 Å². The Hall–Kier alpha value is -2.82. The van der Waals surface area contributed by atoms with Crippen LogP contribution in [0.4, 0.5) is 18.9 Å². The number of alkyl halides is 3. The Morgan fingerprint density at radius 3 is 2.21 bits per heavy atom. The fourth-order valence-corrected chi connectivity index (χ4v) is 3.83. The number of benzene rings is 1. The molecule has 2 amide bonds. The van der Waals surface area contributed by atoms with E-state index in [4.69, 9.17) is 9.90 Å². The van der Waals surface area contributed by atoms with E-state index < -0.39 is 12.1 Å². The number of carboxylic acid groups (broad SMARTS) is 1. The number of rotatable bonds is 5. The van der Waals surface area contributed by atoms with Crippen LogP contribution in [-0.4, -0.2) is 91.7 Å². The van der Waals surface area contributed by atoms with Gasteiger partial charge < -0.3 is 25.1 Å². The molecule has 0 radical (unpaired) electrons. The molecule has 1 aliphatic carbocycles. The summed E-state index contributed by atoms with van der Waals surface area (Å²) in [6.07, 6.45) is -0.829. The number of anilines is 1. The molecule has 1 saturated carbocycles. The highest BCUT2D eigenvalue weighted by Gasteiger charge is 2.38. The lowest BCUT2D eigenvalue weighted by molar-refractivity contribution is -0.192. The molecule has 3 rings (SSSR count). The normalized spacial score (nSPS) is 16.6. The van der Waals surface area contributed by atoms with Gasteiger partial charge in [0.1, 0.15) is 6.54 Å². The molecule has 1 aliphatic heterocycles. The molecule has 33 heavy (non-hydrogen) atoms. The van der Waals surface area contributed by atoms with E-state index in [-0.39, 0.29) is 24.4 Å². The Morgan fingerprint density at radius 1 is 1.12 bits per heavy atom. The van der Waals surface area contributed by atoms with Crippen molar-refractivity contribution in [3.8, 4) is 0 Å². The minimum absolute atomic E-state index is 0.0240. The van der Waals surface area contributed by atoms with Crippen LogP contribution in [0.25, 0.3) is 0 Å². The maximum absolute atomic E-state index is 13.2. The van der Waals surface area contributed by atoms with Crippen LogP contribution in [0.2, 0.25) is 0 Å². The van der Waals surface area contributed by atoms with Crippen molar-refractivity contribution >= 4 is 23.5 Å². The van der Waals surface area contributed by atoms with Crippen LogP contribution in [0.1, 0.15) is 36.0 Å². The summed E-state index contributed by atoms with van der Waals surface area (Å²) in [6.45, 7) is 3.29. The fraction of sp³-hybridized carbons (Fsp3) is 0.591. The first-order chi connectivity index (χ1) is 15.5. The zero-order valence-corrected chi connectivity index (χ0v) is 18.9. The largest absolute Gasteiger partial charge is 0.490 e. The number of nitrogens with zero attached hydrogens (tertiary/aromatic N) is 3. The van der Waals surface area contributed by atoms with Crippen molar-refractivity contribution in [2.24, 2.45) is 0 Å². The first kappa shape index (κ1) is 26.4. The Bertz CT molecular complexity index is 820. The second-order valence-corrected chi connectivity index (χ2v) is 8.25. The summed E-state index contributed by atoms with van der Waals surface area (Å²) in [5.41, 5.74) is 1.66. The van der Waals surface area contributed by atoms with E-state index in [9.17, 15) is 22.8 Å². The summed E-state index contributed by atoms with van der Waals surface area (Å²) in [7, 11) is 3.93. The molecular formula is C22H31F3N4O4. The first-order valence-electron chi connectivity index (χ1n) is 10.9. The maximum atomic E-state index is 13.2. The third-order valence-corrected chi connectivity index (χ3v) is 5.65. The standard InChI is InChI=1S/C20H30N4O2.C2HF3O2/c1-22(2)18-9-5-6-16(14-18)20(26)24(17-7-3-4-8-17)15-19(25)23-12-10-21-11-13-23;3-2(4,5)1(6)7/h5-6,9,14,17,21H,3-4,7-8,10-13,15H2,1-2H3;(H,6,7). The zero-order valence-electron chi connectivity index (χ0n) is 18.9. The molecule has 0 aromatic heterocycles. The van der Waals surface area contributed by atoms with Gasteiger partial charge in [-0.3, -0.25) is 9.59 Å². The molecule has 2 aliphatic rings. The van der Waals surface area contributed by atoms with Gasteiger partial charge in [0.15, 0.2) is 0 Å². The molecule has 2 fully saturated rings. The topological polar surface area (TPSA) is 93.2 Å². The van der Waals surface area contributed by atoms with Gasteiger partial charge in [0.05, 0.1) is 0 Å². The van der Waals surface area contributed by atoms with Crippen LogP contribution < -0.4 is 10.2 Å². The van der Waals surface area contributed by atoms with Gasteiger partial charge in [0, 0.05) is 57.6 Å². The zero-order chi connectivity index (χ0) is 24.6. The number of hydrogen-bond donors (Lipinski definition) is 2. The molecule has 2 N–H and O–H groups in total. The van der Waals surface area contributed by atoms with Crippen LogP contribution in [-0.2, 0) is 9.59 Å². The van der Waals surface area contributed by atoms with E-state index in [0.29, 0.717) is 5.56 Å². The SMILES string of the molecule is CN(C)c1cccc(C(=O)N(CC(=O)N2CCNCC2)C2CCCC2)c1.O=C(O)C(F)(F)F. The van der Waals surface area contributed by atoms with Gasteiger partial charge in [0.2, 0.25) is 5.91 Å². The van der Waals surface area contributed by atoms with Gasteiger partial charge in [0.25, 0.3) is 5.91 Å². The summed E-state index contributed by atoms with van der Waals surface area (Å²) in [4.78, 5) is 40.6. The summed E-state index contributed by atoms with van der Waals surface area (Å²) < 4.78 is 31.7. The predicted molar refractivity (Wildman–Crippen MR) is 117 cm³/mol. The predicted octanol–water partition coefficient (Wildman–Crippen LogP) is 2.20. The van der Waals surface area contributed by atoms with Crippen molar-refractivity contribution in [2.75, 3.05) is 51.7 Å². The fourth-order valence-electron chi connectivity index (χ4n) is 3.83. The van der Waals surface area contributed by atoms with E-state index in [0.717, 1.165) is 57.5 Å². The quantitative estimate of drug-likeness (QED) is 0.683. The molecule has 8 nitrogen and oxygen atoms in total. The van der Waals surface area contributed by atoms with Gasteiger partial charge in [-0.05, 0) is 31.0 Å². The molecule has 0 atom stereocenters. The van der Waals surface area contributed by atoms with Gasteiger partial charge >= 0.3 is 12.1 Å². The van der Waals surface area contributed by atoms with E-state index in [1.165, 1.54) is 0 Å². The van der Waals surface area contributed by atoms with Crippen molar-refractivity contribution in [3.05, 3.63) is 29.8 Å². The number of halogens is 3. The minimum atomic E-state index is -5.08. The van der Waals surface area contributed by atoms with Crippen molar-refractivity contribution in [3.63, 3.8) is 0 Å². The minimum Gasteiger partial charge on any atom is -0.475 e. The van der Waals surface area contributed by atoms with E-state index in [1.807, 2.05) is 53.1 Å². The number of carbonyl (C=O) groups excluding carboxylic acids is 2. The molecule has 0 bridgehead atoms. The Kier molecular flexibility index (Phi) is 9.51. The van der Waals surface area contributed by atoms with Gasteiger partial charge in [-0.15, -0.1) is 0 Å².